The molecule has 1 saturated heterocycles. The molecule has 1 aliphatic rings. The number of nitrogens with two attached hydrogens (primary N) is 1. The molecule has 3 unspecified atom stereocenters. The third-order valence-electron chi connectivity index (χ3n) is 3.83. The summed E-state index contributed by atoms with van der Waals surface area (Å²) < 4.78 is 5.29. The van der Waals surface area contributed by atoms with Crippen molar-refractivity contribution < 1.29 is 14.6 Å². The van der Waals surface area contributed by atoms with Crippen LogP contribution in [0, 0.1) is 5.92 Å². The van der Waals surface area contributed by atoms with Gasteiger partial charge in [-0.2, -0.15) is 0 Å². The number of hydrogen-bond acceptors (Lipinski definition) is 4. The van der Waals surface area contributed by atoms with Crippen molar-refractivity contribution in [3.8, 4) is 0 Å². The van der Waals surface area contributed by atoms with Crippen molar-refractivity contribution in [2.24, 2.45) is 11.7 Å². The molecule has 0 saturated carbocycles. The number of carbonyl (C=O) groups is 1. The maximum atomic E-state index is 12.6. The molecule has 2 rings (SSSR count). The van der Waals surface area contributed by atoms with Gasteiger partial charge in [0, 0.05) is 12.6 Å². The van der Waals surface area contributed by atoms with Crippen LogP contribution in [0.3, 0.4) is 0 Å². The zero-order valence-corrected chi connectivity index (χ0v) is 11.7. The van der Waals surface area contributed by atoms with Crippen LogP contribution in [0.2, 0.25) is 0 Å². The van der Waals surface area contributed by atoms with E-state index in [1.54, 1.807) is 4.90 Å². The number of nitrogens with zero attached hydrogens (tertiary/aromatic N) is 1. The summed E-state index contributed by atoms with van der Waals surface area (Å²) in [4.78, 5) is 14.3. The van der Waals surface area contributed by atoms with Crippen molar-refractivity contribution in [2.45, 2.75) is 19.0 Å². The van der Waals surface area contributed by atoms with Crippen LogP contribution >= 0.6 is 0 Å². The summed E-state index contributed by atoms with van der Waals surface area (Å²) in [6, 6.07) is 9.00. The van der Waals surface area contributed by atoms with Crippen LogP contribution in [0.1, 0.15) is 18.5 Å². The van der Waals surface area contributed by atoms with Crippen molar-refractivity contribution in [3.05, 3.63) is 35.9 Å². The number of rotatable bonds is 4. The molecule has 5 heteroatoms. The van der Waals surface area contributed by atoms with Gasteiger partial charge in [0.15, 0.2) is 0 Å². The monoisotopic (exact) mass is 278 g/mol. The molecular weight excluding hydrogens is 256 g/mol. The first-order valence-electron chi connectivity index (χ1n) is 6.94. The second kappa shape index (κ2) is 6.83. The van der Waals surface area contributed by atoms with E-state index in [-0.39, 0.29) is 30.5 Å². The van der Waals surface area contributed by atoms with Gasteiger partial charge in [0.2, 0.25) is 5.91 Å². The Bertz CT molecular complexity index is 438. The molecule has 1 heterocycles. The average molecular weight is 278 g/mol. The summed E-state index contributed by atoms with van der Waals surface area (Å²) in [6.07, 6.45) is 0. The van der Waals surface area contributed by atoms with E-state index in [2.05, 4.69) is 0 Å². The zero-order valence-electron chi connectivity index (χ0n) is 11.7. The SMILES string of the molecule is CC(C(=O)N1CCOCC1CO)C(N)c1ccccc1. The minimum absolute atomic E-state index is 0.0243. The lowest BCUT2D eigenvalue weighted by atomic mass is 9.93. The summed E-state index contributed by atoms with van der Waals surface area (Å²) >= 11 is 0. The van der Waals surface area contributed by atoms with Crippen LogP contribution < -0.4 is 5.73 Å². The van der Waals surface area contributed by atoms with Gasteiger partial charge in [0.05, 0.1) is 31.8 Å². The summed E-state index contributed by atoms with van der Waals surface area (Å²) in [5, 5.41) is 9.34. The highest BCUT2D eigenvalue weighted by Gasteiger charge is 2.32. The number of aliphatic hydroxyl groups is 1. The van der Waals surface area contributed by atoms with Crippen molar-refractivity contribution in [1.82, 2.24) is 4.90 Å². The van der Waals surface area contributed by atoms with Crippen molar-refractivity contribution in [2.75, 3.05) is 26.4 Å². The van der Waals surface area contributed by atoms with Crippen LogP contribution in [0.5, 0.6) is 0 Å². The first-order valence-corrected chi connectivity index (χ1v) is 6.94. The summed E-state index contributed by atoms with van der Waals surface area (Å²) in [5.41, 5.74) is 7.14. The third kappa shape index (κ3) is 3.17. The predicted molar refractivity (Wildman–Crippen MR) is 75.9 cm³/mol. The average Bonchev–Trinajstić information content (AvgIpc) is 2.53. The Morgan fingerprint density at radius 3 is 2.85 bits per heavy atom. The molecule has 1 aromatic rings. The molecular formula is C15H22N2O3. The molecule has 0 radical (unpaired) electrons. The van der Waals surface area contributed by atoms with Gasteiger partial charge >= 0.3 is 0 Å². The molecule has 3 atom stereocenters. The zero-order chi connectivity index (χ0) is 14.5. The van der Waals surface area contributed by atoms with E-state index in [9.17, 15) is 9.90 Å². The molecule has 0 spiro atoms. The van der Waals surface area contributed by atoms with E-state index < -0.39 is 0 Å². The number of carbonyl (C=O) groups excluding carboxylic acids is 1. The highest BCUT2D eigenvalue weighted by atomic mass is 16.5. The molecule has 110 valence electrons. The molecule has 1 aromatic carbocycles. The number of aliphatic hydroxyl groups excluding tert-OH is 1. The fourth-order valence-electron chi connectivity index (χ4n) is 2.48. The number of morpholine rings is 1. The highest BCUT2D eigenvalue weighted by molar-refractivity contribution is 5.80. The maximum Gasteiger partial charge on any atom is 0.227 e. The van der Waals surface area contributed by atoms with Gasteiger partial charge in [-0.1, -0.05) is 37.3 Å². The minimum atomic E-state index is -0.342. The molecule has 3 N–H and O–H groups in total. The Morgan fingerprint density at radius 1 is 1.50 bits per heavy atom. The largest absolute Gasteiger partial charge is 0.394 e. The molecule has 0 aromatic heterocycles. The van der Waals surface area contributed by atoms with Gasteiger partial charge in [-0.15, -0.1) is 0 Å². The number of amides is 1. The van der Waals surface area contributed by atoms with Crippen molar-refractivity contribution in [1.29, 1.82) is 0 Å². The second-order valence-corrected chi connectivity index (χ2v) is 5.17. The van der Waals surface area contributed by atoms with E-state index in [1.165, 1.54) is 0 Å². The third-order valence-corrected chi connectivity index (χ3v) is 3.83. The summed E-state index contributed by atoms with van der Waals surface area (Å²) in [7, 11) is 0. The van der Waals surface area contributed by atoms with Gasteiger partial charge < -0.3 is 20.5 Å². The molecule has 20 heavy (non-hydrogen) atoms. The van der Waals surface area contributed by atoms with Crippen LogP contribution in [0.25, 0.3) is 0 Å². The molecule has 0 bridgehead atoms. The van der Waals surface area contributed by atoms with E-state index in [4.69, 9.17) is 10.5 Å². The van der Waals surface area contributed by atoms with E-state index in [0.29, 0.717) is 19.8 Å². The number of hydrogen-bond donors (Lipinski definition) is 2. The fourth-order valence-corrected chi connectivity index (χ4v) is 2.48. The van der Waals surface area contributed by atoms with E-state index in [1.807, 2.05) is 37.3 Å². The van der Waals surface area contributed by atoms with Crippen molar-refractivity contribution >= 4 is 5.91 Å². The summed E-state index contributed by atoms with van der Waals surface area (Å²) in [5.74, 6) is -0.353. The van der Waals surface area contributed by atoms with Crippen molar-refractivity contribution in [3.63, 3.8) is 0 Å². The van der Waals surface area contributed by atoms with Gasteiger partial charge in [-0.3, -0.25) is 4.79 Å². The molecule has 5 nitrogen and oxygen atoms in total. The van der Waals surface area contributed by atoms with Gasteiger partial charge in [-0.25, -0.2) is 0 Å². The predicted octanol–water partition coefficient (Wildman–Crippen LogP) is 0.542. The van der Waals surface area contributed by atoms with Crippen LogP contribution in [-0.2, 0) is 9.53 Å². The second-order valence-electron chi connectivity index (χ2n) is 5.17. The van der Waals surface area contributed by atoms with Crippen LogP contribution in [0.4, 0.5) is 0 Å². The Hall–Kier alpha value is -1.43. The van der Waals surface area contributed by atoms with Crippen LogP contribution in [0.15, 0.2) is 30.3 Å². The number of ether oxygens (including phenoxy) is 1. The number of benzene rings is 1. The first kappa shape index (κ1) is 15.0. The Balaban J connectivity index is 2.07. The molecule has 1 amide bonds. The highest BCUT2D eigenvalue weighted by Crippen LogP contribution is 2.22. The van der Waals surface area contributed by atoms with Gasteiger partial charge in [0.25, 0.3) is 0 Å². The van der Waals surface area contributed by atoms with Crippen LogP contribution in [-0.4, -0.2) is 48.3 Å². The molecule has 1 aliphatic heterocycles. The normalized spacial score (nSPS) is 22.4. The minimum Gasteiger partial charge on any atom is -0.394 e. The standard InChI is InChI=1S/C15H22N2O3/c1-11(14(16)12-5-3-2-4-6-12)15(19)17-7-8-20-10-13(17)9-18/h2-6,11,13-14,18H,7-10,16H2,1H3. The first-order chi connectivity index (χ1) is 9.65. The molecule has 0 aliphatic carbocycles. The Morgan fingerprint density at radius 2 is 2.20 bits per heavy atom. The van der Waals surface area contributed by atoms with E-state index in [0.717, 1.165) is 5.56 Å². The van der Waals surface area contributed by atoms with Gasteiger partial charge in [0.1, 0.15) is 0 Å². The topological polar surface area (TPSA) is 75.8 Å². The smallest absolute Gasteiger partial charge is 0.227 e. The van der Waals surface area contributed by atoms with E-state index >= 15 is 0 Å². The maximum absolute atomic E-state index is 12.6. The fraction of sp³-hybridized carbons (Fsp3) is 0.533. The van der Waals surface area contributed by atoms with Gasteiger partial charge in [-0.05, 0) is 5.56 Å². The lowest BCUT2D eigenvalue weighted by Crippen LogP contribution is -2.53. The quantitative estimate of drug-likeness (QED) is 0.843. The lowest BCUT2D eigenvalue weighted by molar-refractivity contribution is -0.146. The Kier molecular flexibility index (Phi) is 5.11. The summed E-state index contributed by atoms with van der Waals surface area (Å²) in [6.45, 7) is 3.16. The lowest BCUT2D eigenvalue weighted by Gasteiger charge is -2.37. The Labute approximate surface area is 119 Å². The molecule has 1 fully saturated rings.